The summed E-state index contributed by atoms with van der Waals surface area (Å²) in [4.78, 5) is 4.59. The summed E-state index contributed by atoms with van der Waals surface area (Å²) in [5.74, 6) is 0.659. The van der Waals surface area contributed by atoms with Crippen LogP contribution in [0.1, 0.15) is 51.4 Å². The topological polar surface area (TPSA) is 50.4 Å². The molecular weight excluding hydrogens is 198 g/mol. The van der Waals surface area contributed by atoms with Gasteiger partial charge >= 0.3 is 0 Å². The van der Waals surface area contributed by atoms with Crippen molar-refractivity contribution in [3.63, 3.8) is 0 Å². The Hall–Kier alpha value is -0.990. The van der Waals surface area contributed by atoms with Gasteiger partial charge in [-0.05, 0) is 32.1 Å². The fourth-order valence-corrected chi connectivity index (χ4v) is 2.58. The number of hydrogen-bond acceptors (Lipinski definition) is 1. The lowest BCUT2D eigenvalue weighted by Gasteiger charge is -2.22. The second-order valence-corrected chi connectivity index (χ2v) is 4.93. The fraction of sp³-hybridized carbons (Fsp3) is 0.769. The zero-order valence-electron chi connectivity index (χ0n) is 9.99. The van der Waals surface area contributed by atoms with E-state index in [2.05, 4.69) is 22.5 Å². The Morgan fingerprint density at radius 1 is 1.12 bits per heavy atom. The minimum absolute atomic E-state index is 0.473. The first-order valence-electron chi connectivity index (χ1n) is 6.59. The van der Waals surface area contributed by atoms with Gasteiger partial charge in [-0.1, -0.05) is 31.4 Å². The molecule has 90 valence electrons. The molecule has 1 atom stereocenters. The number of guanidine groups is 1. The van der Waals surface area contributed by atoms with Crippen molar-refractivity contribution in [3.8, 4) is 0 Å². The van der Waals surface area contributed by atoms with E-state index in [4.69, 9.17) is 5.73 Å². The Morgan fingerprint density at radius 2 is 1.94 bits per heavy atom. The predicted octanol–water partition coefficient (Wildman–Crippen LogP) is 2.33. The largest absolute Gasteiger partial charge is 0.370 e. The highest BCUT2D eigenvalue weighted by atomic mass is 15.1. The maximum atomic E-state index is 5.95. The Morgan fingerprint density at radius 3 is 2.62 bits per heavy atom. The summed E-state index contributed by atoms with van der Waals surface area (Å²) in [5.41, 5.74) is 5.95. The molecule has 0 radical (unpaired) electrons. The van der Waals surface area contributed by atoms with Crippen molar-refractivity contribution in [2.24, 2.45) is 10.7 Å². The van der Waals surface area contributed by atoms with Gasteiger partial charge in [0.15, 0.2) is 5.96 Å². The molecule has 3 heteroatoms. The van der Waals surface area contributed by atoms with Crippen LogP contribution in [-0.4, -0.2) is 18.0 Å². The number of allylic oxidation sites excluding steroid dienone is 1. The Labute approximate surface area is 98.2 Å². The normalized spacial score (nSPS) is 28.0. The molecule has 0 aromatic heterocycles. The van der Waals surface area contributed by atoms with E-state index < -0.39 is 0 Å². The number of hydrogen-bond donors (Lipinski definition) is 2. The molecule has 1 fully saturated rings. The van der Waals surface area contributed by atoms with Gasteiger partial charge in [0.1, 0.15) is 0 Å². The molecule has 0 aliphatic heterocycles. The van der Waals surface area contributed by atoms with E-state index in [0.717, 1.165) is 12.8 Å². The highest BCUT2D eigenvalue weighted by Gasteiger charge is 2.14. The zero-order valence-corrected chi connectivity index (χ0v) is 9.99. The summed E-state index contributed by atoms with van der Waals surface area (Å²) in [7, 11) is 0. The van der Waals surface area contributed by atoms with Gasteiger partial charge in [-0.2, -0.15) is 0 Å². The van der Waals surface area contributed by atoms with Gasteiger partial charge in [-0.15, -0.1) is 0 Å². The Kier molecular flexibility index (Phi) is 4.25. The number of nitrogens with one attached hydrogen (secondary N) is 1. The van der Waals surface area contributed by atoms with E-state index in [-0.39, 0.29) is 0 Å². The van der Waals surface area contributed by atoms with Crippen molar-refractivity contribution >= 4 is 5.96 Å². The van der Waals surface area contributed by atoms with Crippen molar-refractivity contribution < 1.29 is 0 Å². The summed E-state index contributed by atoms with van der Waals surface area (Å²) in [6, 6.07) is 0.970. The van der Waals surface area contributed by atoms with Crippen molar-refractivity contribution in [3.05, 3.63) is 12.2 Å². The van der Waals surface area contributed by atoms with Gasteiger partial charge in [0.25, 0.3) is 0 Å². The summed E-state index contributed by atoms with van der Waals surface area (Å²) >= 11 is 0. The second kappa shape index (κ2) is 5.92. The molecule has 2 aliphatic carbocycles. The van der Waals surface area contributed by atoms with Crippen LogP contribution >= 0.6 is 0 Å². The van der Waals surface area contributed by atoms with E-state index in [9.17, 15) is 0 Å². The van der Waals surface area contributed by atoms with Crippen molar-refractivity contribution in [2.75, 3.05) is 0 Å². The average molecular weight is 221 g/mol. The van der Waals surface area contributed by atoms with Crippen LogP contribution < -0.4 is 11.1 Å². The predicted molar refractivity (Wildman–Crippen MR) is 68.4 cm³/mol. The summed E-state index contributed by atoms with van der Waals surface area (Å²) < 4.78 is 0. The third-order valence-corrected chi connectivity index (χ3v) is 3.52. The minimum Gasteiger partial charge on any atom is -0.370 e. The number of nitrogens with zero attached hydrogens (tertiary/aromatic N) is 1. The first-order chi connectivity index (χ1) is 7.84. The van der Waals surface area contributed by atoms with E-state index >= 15 is 0 Å². The minimum atomic E-state index is 0.473. The monoisotopic (exact) mass is 221 g/mol. The fourth-order valence-electron chi connectivity index (χ4n) is 2.58. The third-order valence-electron chi connectivity index (χ3n) is 3.52. The van der Waals surface area contributed by atoms with Gasteiger partial charge < -0.3 is 11.1 Å². The SMILES string of the molecule is NC(=NC1CCCCC1)NC1CC=CCC1. The highest BCUT2D eigenvalue weighted by Crippen LogP contribution is 2.20. The first-order valence-corrected chi connectivity index (χ1v) is 6.59. The number of rotatable bonds is 2. The van der Waals surface area contributed by atoms with Crippen LogP contribution in [0.15, 0.2) is 17.1 Å². The van der Waals surface area contributed by atoms with E-state index in [1.54, 1.807) is 0 Å². The first kappa shape index (κ1) is 11.5. The molecule has 3 nitrogen and oxygen atoms in total. The van der Waals surface area contributed by atoms with Crippen LogP contribution in [-0.2, 0) is 0 Å². The molecule has 0 saturated heterocycles. The molecule has 3 N–H and O–H groups in total. The lowest BCUT2D eigenvalue weighted by atomic mass is 9.96. The molecular formula is C13H23N3. The maximum absolute atomic E-state index is 5.95. The number of aliphatic imine (C=N–C) groups is 1. The van der Waals surface area contributed by atoms with E-state index in [1.807, 2.05) is 0 Å². The summed E-state index contributed by atoms with van der Waals surface area (Å²) in [6.45, 7) is 0. The van der Waals surface area contributed by atoms with Crippen LogP contribution in [0.5, 0.6) is 0 Å². The molecule has 0 bridgehead atoms. The van der Waals surface area contributed by atoms with E-state index in [1.165, 1.54) is 38.5 Å². The van der Waals surface area contributed by atoms with Crippen LogP contribution in [0.3, 0.4) is 0 Å². The molecule has 1 saturated carbocycles. The van der Waals surface area contributed by atoms with Crippen LogP contribution in [0.25, 0.3) is 0 Å². The Bertz CT molecular complexity index is 264. The Balaban J connectivity index is 1.79. The molecule has 0 aromatic rings. The van der Waals surface area contributed by atoms with Crippen molar-refractivity contribution in [1.82, 2.24) is 5.32 Å². The van der Waals surface area contributed by atoms with Gasteiger partial charge in [0.2, 0.25) is 0 Å². The maximum Gasteiger partial charge on any atom is 0.189 e. The third kappa shape index (κ3) is 3.54. The van der Waals surface area contributed by atoms with Gasteiger partial charge in [-0.3, -0.25) is 4.99 Å². The quantitative estimate of drug-likeness (QED) is 0.427. The molecule has 0 amide bonds. The number of nitrogens with two attached hydrogens (primary N) is 1. The molecule has 0 heterocycles. The highest BCUT2D eigenvalue weighted by molar-refractivity contribution is 5.78. The second-order valence-electron chi connectivity index (χ2n) is 4.93. The average Bonchev–Trinajstić information content (AvgIpc) is 2.31. The van der Waals surface area contributed by atoms with Crippen molar-refractivity contribution in [2.45, 2.75) is 63.5 Å². The summed E-state index contributed by atoms with van der Waals surface area (Å²) in [5, 5.41) is 3.34. The molecule has 0 spiro atoms. The smallest absolute Gasteiger partial charge is 0.189 e. The summed E-state index contributed by atoms with van der Waals surface area (Å²) in [6.07, 6.45) is 14.3. The van der Waals surface area contributed by atoms with Crippen molar-refractivity contribution in [1.29, 1.82) is 0 Å². The van der Waals surface area contributed by atoms with Gasteiger partial charge in [-0.25, -0.2) is 0 Å². The molecule has 2 rings (SSSR count). The zero-order chi connectivity index (χ0) is 11.2. The van der Waals surface area contributed by atoms with Crippen LogP contribution in [0, 0.1) is 0 Å². The molecule has 16 heavy (non-hydrogen) atoms. The van der Waals surface area contributed by atoms with Gasteiger partial charge in [0, 0.05) is 6.04 Å². The standard InChI is InChI=1S/C13H23N3/c14-13(15-11-7-3-1-4-8-11)16-12-9-5-2-6-10-12/h1,3,11-12H,2,4-10H2,(H3,14,15,16). The lowest BCUT2D eigenvalue weighted by molar-refractivity contribution is 0.440. The molecule has 2 aliphatic rings. The molecule has 1 unspecified atom stereocenters. The van der Waals surface area contributed by atoms with Gasteiger partial charge in [0.05, 0.1) is 6.04 Å². The molecule has 0 aromatic carbocycles. The van der Waals surface area contributed by atoms with Crippen LogP contribution in [0.4, 0.5) is 0 Å². The van der Waals surface area contributed by atoms with E-state index in [0.29, 0.717) is 18.0 Å². The lowest BCUT2D eigenvalue weighted by Crippen LogP contribution is -2.41. The van der Waals surface area contributed by atoms with Crippen LogP contribution in [0.2, 0.25) is 0 Å².